The minimum atomic E-state index is -0.287. The number of methoxy groups -OCH3 is 3. The molecule has 0 spiro atoms. The molecule has 174 valence electrons. The van der Waals surface area contributed by atoms with Crippen LogP contribution in [0.2, 0.25) is 0 Å². The van der Waals surface area contributed by atoms with Gasteiger partial charge in [-0.1, -0.05) is 48.6 Å². The summed E-state index contributed by atoms with van der Waals surface area (Å²) in [6.45, 7) is 9.86. The number of carbonyl (C=O) groups is 1. The average Bonchev–Trinajstić information content (AvgIpc) is 2.78. The Bertz CT molecular complexity index is 886. The molecule has 1 aromatic carbocycles. The molecule has 6 nitrogen and oxygen atoms in total. The van der Waals surface area contributed by atoms with Crippen molar-refractivity contribution in [3.8, 4) is 17.2 Å². The second kappa shape index (κ2) is 14.8. The predicted molar refractivity (Wildman–Crippen MR) is 128 cm³/mol. The summed E-state index contributed by atoms with van der Waals surface area (Å²) in [6.07, 6.45) is 13.1. The van der Waals surface area contributed by atoms with Crippen LogP contribution in [0.15, 0.2) is 66.3 Å². The average molecular weight is 443 g/mol. The summed E-state index contributed by atoms with van der Waals surface area (Å²) < 4.78 is 27.3. The second-order valence-corrected chi connectivity index (χ2v) is 7.00. The van der Waals surface area contributed by atoms with Crippen LogP contribution in [-0.4, -0.2) is 40.7 Å². The monoisotopic (exact) mass is 442 g/mol. The van der Waals surface area contributed by atoms with E-state index in [9.17, 15) is 4.79 Å². The Balaban J connectivity index is 3.57. The van der Waals surface area contributed by atoms with E-state index in [1.165, 1.54) is 27.4 Å². The molecule has 6 heteroatoms. The largest absolute Gasteiger partial charge is 0.496 e. The Kier molecular flexibility index (Phi) is 12.5. The summed E-state index contributed by atoms with van der Waals surface area (Å²) in [5, 5.41) is 0. The van der Waals surface area contributed by atoms with Gasteiger partial charge >= 0.3 is 0 Å². The molecule has 0 atom stereocenters. The van der Waals surface area contributed by atoms with Crippen LogP contribution in [0.4, 0.5) is 0 Å². The topological polar surface area (TPSA) is 63.2 Å². The van der Waals surface area contributed by atoms with E-state index in [1.54, 1.807) is 12.1 Å². The molecule has 0 aliphatic heterocycles. The van der Waals surface area contributed by atoms with E-state index in [0.717, 1.165) is 5.57 Å². The van der Waals surface area contributed by atoms with Crippen LogP contribution < -0.4 is 14.2 Å². The first-order valence-electron chi connectivity index (χ1n) is 10.2. The predicted octanol–water partition coefficient (Wildman–Crippen LogP) is 5.60. The van der Waals surface area contributed by atoms with Gasteiger partial charge in [0.05, 0.1) is 7.11 Å². The lowest BCUT2D eigenvalue weighted by atomic mass is 9.99. The normalized spacial score (nSPS) is 11.3. The third-order valence-electron chi connectivity index (χ3n) is 4.20. The summed E-state index contributed by atoms with van der Waals surface area (Å²) >= 11 is 0. The highest BCUT2D eigenvalue weighted by Gasteiger charge is 2.25. The van der Waals surface area contributed by atoms with Gasteiger partial charge in [0.1, 0.15) is 22.8 Å². The van der Waals surface area contributed by atoms with Gasteiger partial charge in [0, 0.05) is 25.8 Å². The lowest BCUT2D eigenvalue weighted by Gasteiger charge is -2.20. The van der Waals surface area contributed by atoms with Crippen molar-refractivity contribution in [1.29, 1.82) is 0 Å². The quantitative estimate of drug-likeness (QED) is 0.123. The van der Waals surface area contributed by atoms with Crippen LogP contribution in [0.5, 0.6) is 17.2 Å². The minimum Gasteiger partial charge on any atom is -0.496 e. The number of ketones is 1. The molecule has 0 aliphatic rings. The Morgan fingerprint density at radius 1 is 0.969 bits per heavy atom. The zero-order chi connectivity index (χ0) is 23.9. The van der Waals surface area contributed by atoms with Gasteiger partial charge in [-0.25, -0.2) is 0 Å². The van der Waals surface area contributed by atoms with E-state index < -0.39 is 0 Å². The summed E-state index contributed by atoms with van der Waals surface area (Å²) in [5.41, 5.74) is 2.78. The number of allylic oxidation sites excluding steroid dienone is 9. The molecule has 1 aromatic rings. The number of carbonyl (C=O) groups excluding carboxylic acids is 1. The van der Waals surface area contributed by atoms with Crippen LogP contribution in [-0.2, 0) is 15.9 Å². The summed E-state index contributed by atoms with van der Waals surface area (Å²) in [5.74, 6) is 0.893. The van der Waals surface area contributed by atoms with Gasteiger partial charge in [0.15, 0.2) is 19.4 Å². The van der Waals surface area contributed by atoms with Gasteiger partial charge in [-0.15, -0.1) is 0 Å². The highest BCUT2D eigenvalue weighted by Crippen LogP contribution is 2.41. The highest BCUT2D eigenvalue weighted by molar-refractivity contribution is 6.09. The fourth-order valence-corrected chi connectivity index (χ4v) is 2.69. The summed E-state index contributed by atoms with van der Waals surface area (Å²) in [7, 11) is 4.54. The van der Waals surface area contributed by atoms with Gasteiger partial charge in [-0.05, 0) is 38.8 Å². The standard InChI is InChI=1S/C26H34O6/c1-8-9-10-11-20(4)13-15-22(27)25-24(30-7)16-23(31-17-28-5)21(14-12-19(2)3)26(25)32-18-29-6/h8-13,15-16H,4,14,17-18H2,1-3,5-7H3/b9-8-,11-10-,15-13+. The summed E-state index contributed by atoms with van der Waals surface area (Å²) in [4.78, 5) is 13.2. The molecule has 0 saturated heterocycles. The van der Waals surface area contributed by atoms with Crippen LogP contribution in [0.25, 0.3) is 0 Å². The van der Waals surface area contributed by atoms with Crippen molar-refractivity contribution in [3.05, 3.63) is 77.5 Å². The van der Waals surface area contributed by atoms with E-state index in [1.807, 2.05) is 51.2 Å². The fourth-order valence-electron chi connectivity index (χ4n) is 2.69. The maximum atomic E-state index is 13.2. The first kappa shape index (κ1) is 26.9. The number of ether oxygens (including phenoxy) is 5. The molecular formula is C26H34O6. The second-order valence-electron chi connectivity index (χ2n) is 7.00. The number of hydrogen-bond acceptors (Lipinski definition) is 6. The van der Waals surface area contributed by atoms with Gasteiger partial charge in [-0.3, -0.25) is 4.79 Å². The molecule has 1 rings (SSSR count). The molecular weight excluding hydrogens is 408 g/mol. The van der Waals surface area contributed by atoms with Crippen molar-refractivity contribution in [2.45, 2.75) is 27.2 Å². The van der Waals surface area contributed by atoms with Crippen molar-refractivity contribution >= 4 is 5.78 Å². The van der Waals surface area contributed by atoms with Crippen molar-refractivity contribution < 1.29 is 28.5 Å². The Labute approximate surface area is 191 Å². The molecule has 0 fully saturated rings. The van der Waals surface area contributed by atoms with Crippen LogP contribution in [0, 0.1) is 0 Å². The van der Waals surface area contributed by atoms with Crippen molar-refractivity contribution in [1.82, 2.24) is 0 Å². The first-order chi connectivity index (χ1) is 15.4. The number of rotatable bonds is 14. The third kappa shape index (κ3) is 8.57. The molecule has 0 bridgehead atoms. The number of hydrogen-bond donors (Lipinski definition) is 0. The molecule has 0 unspecified atom stereocenters. The van der Waals surface area contributed by atoms with E-state index in [4.69, 9.17) is 23.7 Å². The lowest BCUT2D eigenvalue weighted by molar-refractivity contribution is 0.0441. The first-order valence-corrected chi connectivity index (χ1v) is 10.2. The Morgan fingerprint density at radius 2 is 1.66 bits per heavy atom. The van der Waals surface area contributed by atoms with Gasteiger partial charge in [0.25, 0.3) is 0 Å². The van der Waals surface area contributed by atoms with Gasteiger partial charge in [-0.2, -0.15) is 0 Å². The maximum Gasteiger partial charge on any atom is 0.193 e. The molecule has 0 saturated carbocycles. The van der Waals surface area contributed by atoms with Gasteiger partial charge < -0.3 is 23.7 Å². The molecule has 0 aromatic heterocycles. The SMILES string of the molecule is C=C(/C=C\C=C/C)/C=C/C(=O)c1c(OC)cc(OCOC)c(CC=C(C)C)c1OCOC. The lowest BCUT2D eigenvalue weighted by Crippen LogP contribution is -2.12. The van der Waals surface area contributed by atoms with Crippen LogP contribution in [0.1, 0.15) is 36.7 Å². The zero-order valence-corrected chi connectivity index (χ0v) is 19.9. The minimum absolute atomic E-state index is 0.0402. The molecule has 32 heavy (non-hydrogen) atoms. The van der Waals surface area contributed by atoms with E-state index in [0.29, 0.717) is 34.8 Å². The molecule has 0 amide bonds. The third-order valence-corrected chi connectivity index (χ3v) is 4.20. The van der Waals surface area contributed by atoms with E-state index >= 15 is 0 Å². The number of benzene rings is 1. The van der Waals surface area contributed by atoms with Crippen LogP contribution >= 0.6 is 0 Å². The van der Waals surface area contributed by atoms with E-state index in [2.05, 4.69) is 6.58 Å². The Hall–Kier alpha value is -3.09. The van der Waals surface area contributed by atoms with Gasteiger partial charge in [0.2, 0.25) is 0 Å². The van der Waals surface area contributed by atoms with E-state index in [-0.39, 0.29) is 24.9 Å². The highest BCUT2D eigenvalue weighted by atomic mass is 16.7. The van der Waals surface area contributed by atoms with Crippen molar-refractivity contribution in [3.63, 3.8) is 0 Å². The maximum absolute atomic E-state index is 13.2. The smallest absolute Gasteiger partial charge is 0.193 e. The van der Waals surface area contributed by atoms with Crippen molar-refractivity contribution in [2.24, 2.45) is 0 Å². The van der Waals surface area contributed by atoms with Crippen molar-refractivity contribution in [2.75, 3.05) is 34.9 Å². The Morgan fingerprint density at radius 3 is 2.25 bits per heavy atom. The fraction of sp³-hybridized carbons (Fsp3) is 0.346. The summed E-state index contributed by atoms with van der Waals surface area (Å²) in [6, 6.07) is 1.68. The van der Waals surface area contributed by atoms with Crippen LogP contribution in [0.3, 0.4) is 0 Å². The zero-order valence-electron chi connectivity index (χ0n) is 19.9. The molecule has 0 aliphatic carbocycles. The molecule has 0 heterocycles. The molecule has 0 N–H and O–H groups in total. The molecule has 0 radical (unpaired) electrons.